The van der Waals surface area contributed by atoms with Gasteiger partial charge in [0, 0.05) is 0 Å². The maximum atomic E-state index is 10.6. The van der Waals surface area contributed by atoms with Crippen LogP contribution in [0, 0.1) is 5.92 Å². The first-order chi connectivity index (χ1) is 5.72. The van der Waals surface area contributed by atoms with Gasteiger partial charge in [0.2, 0.25) is 0 Å². The van der Waals surface area contributed by atoms with Crippen molar-refractivity contribution in [1.29, 1.82) is 0 Å². The van der Waals surface area contributed by atoms with Crippen molar-refractivity contribution in [2.24, 2.45) is 5.92 Å². The standard InChI is InChI=1S/C9H14O3/c1-2-5-8(9(11)12)6-3-4-7-10/h4,8H,2-3,5-6H2,1H3,(H,11,12). The molecule has 0 radical (unpaired) electrons. The Kier molecular flexibility index (Phi) is 6.02. The molecule has 1 N–H and O–H groups in total. The molecule has 0 spiro atoms. The molecule has 0 rings (SSSR count). The Bertz CT molecular complexity index is 180. The molecule has 3 heteroatoms. The van der Waals surface area contributed by atoms with E-state index in [0.29, 0.717) is 19.3 Å². The van der Waals surface area contributed by atoms with Crippen LogP contribution in [0.25, 0.3) is 0 Å². The molecule has 68 valence electrons. The predicted octanol–water partition coefficient (Wildman–Crippen LogP) is 1.66. The van der Waals surface area contributed by atoms with Gasteiger partial charge >= 0.3 is 5.97 Å². The van der Waals surface area contributed by atoms with Gasteiger partial charge < -0.3 is 5.11 Å². The van der Waals surface area contributed by atoms with E-state index < -0.39 is 5.97 Å². The number of hydrogen-bond donors (Lipinski definition) is 1. The summed E-state index contributed by atoms with van der Waals surface area (Å²) in [4.78, 5) is 20.4. The minimum Gasteiger partial charge on any atom is -0.481 e. The Labute approximate surface area is 72.1 Å². The van der Waals surface area contributed by atoms with E-state index in [1.165, 1.54) is 6.08 Å². The molecule has 0 saturated heterocycles. The molecule has 0 aliphatic rings. The lowest BCUT2D eigenvalue weighted by molar-refractivity contribution is -0.142. The molecule has 0 aliphatic carbocycles. The van der Waals surface area contributed by atoms with Gasteiger partial charge in [-0.1, -0.05) is 13.3 Å². The summed E-state index contributed by atoms with van der Waals surface area (Å²) < 4.78 is 0. The number of carbonyl (C=O) groups excluding carboxylic acids is 1. The van der Waals surface area contributed by atoms with Gasteiger partial charge in [-0.25, -0.2) is 4.79 Å². The van der Waals surface area contributed by atoms with Crippen LogP contribution in [0.15, 0.2) is 6.08 Å². The lowest BCUT2D eigenvalue weighted by Gasteiger charge is -2.07. The third kappa shape index (κ3) is 4.69. The Morgan fingerprint density at radius 2 is 2.25 bits per heavy atom. The van der Waals surface area contributed by atoms with Crippen molar-refractivity contribution >= 4 is 11.9 Å². The summed E-state index contributed by atoms with van der Waals surface area (Å²) in [5, 5.41) is 8.69. The van der Waals surface area contributed by atoms with E-state index in [2.05, 4.69) is 0 Å². The zero-order chi connectivity index (χ0) is 9.40. The summed E-state index contributed by atoms with van der Waals surface area (Å²) in [7, 11) is 0. The van der Waals surface area contributed by atoms with Crippen molar-refractivity contribution in [2.45, 2.75) is 32.6 Å². The SMILES string of the molecule is CCCC(CCC=C=O)C(=O)O. The topological polar surface area (TPSA) is 54.4 Å². The smallest absolute Gasteiger partial charge is 0.306 e. The second kappa shape index (κ2) is 6.62. The molecule has 0 aliphatic heterocycles. The summed E-state index contributed by atoms with van der Waals surface area (Å²) in [5.74, 6) is 0.563. The van der Waals surface area contributed by atoms with Crippen molar-refractivity contribution in [3.05, 3.63) is 6.08 Å². The Morgan fingerprint density at radius 1 is 1.58 bits per heavy atom. The third-order valence-electron chi connectivity index (χ3n) is 1.73. The summed E-state index contributed by atoms with van der Waals surface area (Å²) in [6.45, 7) is 1.95. The van der Waals surface area contributed by atoms with Gasteiger partial charge in [-0.2, -0.15) is 0 Å². The van der Waals surface area contributed by atoms with Crippen LogP contribution < -0.4 is 0 Å². The average molecular weight is 170 g/mol. The summed E-state index contributed by atoms with van der Waals surface area (Å²) in [6, 6.07) is 0. The van der Waals surface area contributed by atoms with Crippen molar-refractivity contribution < 1.29 is 14.7 Å². The van der Waals surface area contributed by atoms with Crippen LogP contribution in [0.1, 0.15) is 32.6 Å². The van der Waals surface area contributed by atoms with Gasteiger partial charge in [0.25, 0.3) is 0 Å². The van der Waals surface area contributed by atoms with E-state index >= 15 is 0 Å². The second-order valence-corrected chi connectivity index (χ2v) is 2.72. The fourth-order valence-corrected chi connectivity index (χ4v) is 1.08. The Hall–Kier alpha value is -1.08. The molecule has 0 saturated carbocycles. The number of carboxylic acids is 1. The highest BCUT2D eigenvalue weighted by atomic mass is 16.4. The molecular formula is C9H14O3. The molecule has 3 nitrogen and oxygen atoms in total. The largest absolute Gasteiger partial charge is 0.481 e. The quantitative estimate of drug-likeness (QED) is 0.617. The predicted molar refractivity (Wildman–Crippen MR) is 45.5 cm³/mol. The zero-order valence-corrected chi connectivity index (χ0v) is 7.25. The van der Waals surface area contributed by atoms with Crippen LogP contribution in [0.2, 0.25) is 0 Å². The molecule has 0 aromatic rings. The molecule has 0 aromatic carbocycles. The lowest BCUT2D eigenvalue weighted by atomic mass is 9.98. The Morgan fingerprint density at radius 3 is 2.67 bits per heavy atom. The van der Waals surface area contributed by atoms with Crippen LogP contribution in [-0.2, 0) is 9.59 Å². The van der Waals surface area contributed by atoms with E-state index in [0.717, 1.165) is 6.42 Å². The monoisotopic (exact) mass is 170 g/mol. The zero-order valence-electron chi connectivity index (χ0n) is 7.25. The van der Waals surface area contributed by atoms with Crippen LogP contribution in [0.4, 0.5) is 0 Å². The first-order valence-corrected chi connectivity index (χ1v) is 4.14. The fraction of sp³-hybridized carbons (Fsp3) is 0.667. The van der Waals surface area contributed by atoms with Gasteiger partial charge in [0.15, 0.2) is 0 Å². The fourth-order valence-electron chi connectivity index (χ4n) is 1.08. The highest BCUT2D eigenvalue weighted by Crippen LogP contribution is 2.13. The van der Waals surface area contributed by atoms with Gasteiger partial charge in [0.1, 0.15) is 5.94 Å². The van der Waals surface area contributed by atoms with Crippen LogP contribution in [0.5, 0.6) is 0 Å². The van der Waals surface area contributed by atoms with E-state index in [1.54, 1.807) is 5.94 Å². The van der Waals surface area contributed by atoms with Crippen molar-refractivity contribution in [2.75, 3.05) is 0 Å². The lowest BCUT2D eigenvalue weighted by Crippen LogP contribution is -2.12. The first kappa shape index (κ1) is 10.9. The van der Waals surface area contributed by atoms with E-state index in [-0.39, 0.29) is 5.92 Å². The summed E-state index contributed by atoms with van der Waals surface area (Å²) >= 11 is 0. The van der Waals surface area contributed by atoms with Crippen LogP contribution in [0.3, 0.4) is 0 Å². The van der Waals surface area contributed by atoms with Gasteiger partial charge in [-0.05, 0) is 25.3 Å². The third-order valence-corrected chi connectivity index (χ3v) is 1.73. The normalized spacial score (nSPS) is 11.8. The number of carboxylic acid groups (broad SMARTS) is 1. The maximum Gasteiger partial charge on any atom is 0.306 e. The van der Waals surface area contributed by atoms with Crippen LogP contribution >= 0.6 is 0 Å². The average Bonchev–Trinajstić information content (AvgIpc) is 2.03. The van der Waals surface area contributed by atoms with Gasteiger partial charge in [0.05, 0.1) is 5.92 Å². The molecular weight excluding hydrogens is 156 g/mol. The van der Waals surface area contributed by atoms with Gasteiger partial charge in [-0.3, -0.25) is 4.79 Å². The molecule has 0 amide bonds. The van der Waals surface area contributed by atoms with Crippen LogP contribution in [-0.4, -0.2) is 17.0 Å². The molecule has 0 heterocycles. The number of rotatable bonds is 6. The first-order valence-electron chi connectivity index (χ1n) is 4.14. The Balaban J connectivity index is 3.78. The summed E-state index contributed by atoms with van der Waals surface area (Å²) in [5.41, 5.74) is 0. The number of carbonyl (C=O) groups is 1. The maximum absolute atomic E-state index is 10.6. The summed E-state index contributed by atoms with van der Waals surface area (Å²) in [6.07, 6.45) is 3.94. The molecule has 0 fully saturated rings. The highest BCUT2D eigenvalue weighted by Gasteiger charge is 2.14. The molecule has 0 bridgehead atoms. The van der Waals surface area contributed by atoms with E-state index in [9.17, 15) is 9.59 Å². The minimum absolute atomic E-state index is 0.306. The number of aliphatic carboxylic acids is 1. The molecule has 12 heavy (non-hydrogen) atoms. The van der Waals surface area contributed by atoms with Gasteiger partial charge in [-0.15, -0.1) is 0 Å². The molecule has 1 atom stereocenters. The van der Waals surface area contributed by atoms with Crippen molar-refractivity contribution in [1.82, 2.24) is 0 Å². The van der Waals surface area contributed by atoms with E-state index in [4.69, 9.17) is 5.11 Å². The van der Waals surface area contributed by atoms with Crippen molar-refractivity contribution in [3.8, 4) is 0 Å². The van der Waals surface area contributed by atoms with E-state index in [1.807, 2.05) is 6.92 Å². The number of allylic oxidation sites excluding steroid dienone is 1. The highest BCUT2D eigenvalue weighted by molar-refractivity contribution is 5.69. The molecule has 0 aromatic heterocycles. The molecule has 1 unspecified atom stereocenters. The minimum atomic E-state index is -0.767. The van der Waals surface area contributed by atoms with Crippen molar-refractivity contribution in [3.63, 3.8) is 0 Å². The second-order valence-electron chi connectivity index (χ2n) is 2.72. The number of hydrogen-bond acceptors (Lipinski definition) is 2.